The van der Waals surface area contributed by atoms with E-state index in [0.717, 1.165) is 38.5 Å². The van der Waals surface area contributed by atoms with Crippen molar-refractivity contribution in [3.63, 3.8) is 0 Å². The zero-order valence-electron chi connectivity index (χ0n) is 15.1. The average molecular weight is 338 g/mol. The van der Waals surface area contributed by atoms with Crippen LogP contribution in [0.2, 0.25) is 0 Å². The van der Waals surface area contributed by atoms with Crippen molar-refractivity contribution in [2.75, 3.05) is 0 Å². The lowest BCUT2D eigenvalue weighted by Gasteiger charge is -2.06. The van der Waals surface area contributed by atoms with Crippen LogP contribution in [-0.2, 0) is 17.6 Å². The normalized spacial score (nSPS) is 10.5. The third-order valence-corrected chi connectivity index (χ3v) is 4.20. The molecule has 0 atom stereocenters. The molecule has 0 aliphatic rings. The molecular weight excluding hydrogens is 312 g/mol. The fourth-order valence-electron chi connectivity index (χ4n) is 2.58. The topological polar surface area (TPSA) is 43.4 Å². The third kappa shape index (κ3) is 5.86. The van der Waals surface area contributed by atoms with Gasteiger partial charge in [-0.25, -0.2) is 9.59 Å². The van der Waals surface area contributed by atoms with Crippen LogP contribution in [0.5, 0.6) is 0 Å². The Balaban J connectivity index is 1.94. The van der Waals surface area contributed by atoms with E-state index in [-0.39, 0.29) is 0 Å². The van der Waals surface area contributed by atoms with Crippen LogP contribution in [0.3, 0.4) is 0 Å². The van der Waals surface area contributed by atoms with E-state index < -0.39 is 11.9 Å². The van der Waals surface area contributed by atoms with Gasteiger partial charge in [0.2, 0.25) is 0 Å². The summed E-state index contributed by atoms with van der Waals surface area (Å²) in [7, 11) is 0. The highest BCUT2D eigenvalue weighted by Gasteiger charge is 2.14. The largest absolute Gasteiger partial charge is 0.386 e. The van der Waals surface area contributed by atoms with E-state index in [4.69, 9.17) is 4.74 Å². The van der Waals surface area contributed by atoms with E-state index >= 15 is 0 Å². The maximum absolute atomic E-state index is 12.1. The van der Waals surface area contributed by atoms with Crippen LogP contribution in [0, 0.1) is 0 Å². The van der Waals surface area contributed by atoms with Crippen molar-refractivity contribution in [3.8, 4) is 0 Å². The zero-order chi connectivity index (χ0) is 18.1. The molecule has 0 spiro atoms. The number of carbonyl (C=O) groups excluding carboxylic acids is 2. The summed E-state index contributed by atoms with van der Waals surface area (Å²) in [6.07, 6.45) is 6.50. The molecule has 0 N–H and O–H groups in total. The summed E-state index contributed by atoms with van der Waals surface area (Å²) in [6, 6.07) is 14.5. The van der Waals surface area contributed by atoms with Gasteiger partial charge in [-0.15, -0.1) is 0 Å². The van der Waals surface area contributed by atoms with E-state index in [0.29, 0.717) is 11.1 Å². The fourth-order valence-corrected chi connectivity index (χ4v) is 2.58. The number of benzene rings is 2. The molecule has 0 bridgehead atoms. The molecule has 132 valence electrons. The van der Waals surface area contributed by atoms with Gasteiger partial charge in [-0.1, -0.05) is 51.0 Å². The van der Waals surface area contributed by atoms with Crippen LogP contribution in [0.4, 0.5) is 0 Å². The Morgan fingerprint density at radius 3 is 1.36 bits per heavy atom. The van der Waals surface area contributed by atoms with Gasteiger partial charge in [0.1, 0.15) is 0 Å². The summed E-state index contributed by atoms with van der Waals surface area (Å²) in [4.78, 5) is 24.2. The highest BCUT2D eigenvalue weighted by molar-refractivity contribution is 6.02. The van der Waals surface area contributed by atoms with Crippen molar-refractivity contribution in [2.24, 2.45) is 0 Å². The van der Waals surface area contributed by atoms with Crippen molar-refractivity contribution < 1.29 is 14.3 Å². The van der Waals surface area contributed by atoms with Crippen LogP contribution >= 0.6 is 0 Å². The van der Waals surface area contributed by atoms with Gasteiger partial charge in [-0.05, 0) is 61.1 Å². The second-order valence-corrected chi connectivity index (χ2v) is 6.28. The molecule has 0 aromatic heterocycles. The monoisotopic (exact) mass is 338 g/mol. The molecule has 0 saturated heterocycles. The lowest BCUT2D eigenvalue weighted by molar-refractivity contribution is 0.0398. The van der Waals surface area contributed by atoms with E-state index in [9.17, 15) is 9.59 Å². The fraction of sp³-hybridized carbons (Fsp3) is 0.364. The standard InChI is InChI=1S/C22H26O3/c1-3-5-7-17-9-13-19(14-10-17)21(23)25-22(24)20-15-11-18(12-16-20)8-6-4-2/h9-16H,3-8H2,1-2H3. The van der Waals surface area contributed by atoms with Gasteiger partial charge in [0.05, 0.1) is 11.1 Å². The first-order chi connectivity index (χ1) is 12.1. The molecular formula is C22H26O3. The molecule has 0 heterocycles. The Morgan fingerprint density at radius 2 is 1.04 bits per heavy atom. The minimum Gasteiger partial charge on any atom is -0.386 e. The van der Waals surface area contributed by atoms with E-state index in [2.05, 4.69) is 13.8 Å². The van der Waals surface area contributed by atoms with Gasteiger partial charge in [0.25, 0.3) is 0 Å². The van der Waals surface area contributed by atoms with Gasteiger partial charge in [-0.2, -0.15) is 0 Å². The van der Waals surface area contributed by atoms with Gasteiger partial charge >= 0.3 is 11.9 Å². The van der Waals surface area contributed by atoms with E-state index in [1.54, 1.807) is 24.3 Å². The summed E-state index contributed by atoms with van der Waals surface area (Å²) in [5.41, 5.74) is 3.17. The number of hydrogen-bond donors (Lipinski definition) is 0. The lowest BCUT2D eigenvalue weighted by atomic mass is 10.1. The first kappa shape index (κ1) is 18.9. The molecule has 0 unspecified atom stereocenters. The van der Waals surface area contributed by atoms with Crippen LogP contribution in [0.1, 0.15) is 71.4 Å². The van der Waals surface area contributed by atoms with Crippen LogP contribution in [0.15, 0.2) is 48.5 Å². The molecule has 0 radical (unpaired) electrons. The van der Waals surface area contributed by atoms with Gasteiger partial charge < -0.3 is 4.74 Å². The average Bonchev–Trinajstić information content (AvgIpc) is 2.65. The van der Waals surface area contributed by atoms with Crippen LogP contribution < -0.4 is 0 Å². The second-order valence-electron chi connectivity index (χ2n) is 6.28. The summed E-state index contributed by atoms with van der Waals surface area (Å²) in [5.74, 6) is -1.22. The SMILES string of the molecule is CCCCc1ccc(C(=O)OC(=O)c2ccc(CCCC)cc2)cc1. The minimum absolute atomic E-state index is 0.396. The number of hydrogen-bond acceptors (Lipinski definition) is 3. The van der Waals surface area contributed by atoms with Gasteiger partial charge in [0.15, 0.2) is 0 Å². The zero-order valence-corrected chi connectivity index (χ0v) is 15.1. The minimum atomic E-state index is -0.609. The molecule has 0 aliphatic heterocycles. The number of esters is 2. The summed E-state index contributed by atoms with van der Waals surface area (Å²) < 4.78 is 4.99. The number of unbranched alkanes of at least 4 members (excludes halogenated alkanes) is 2. The molecule has 2 aromatic rings. The Bertz CT molecular complexity index is 623. The van der Waals surface area contributed by atoms with E-state index in [1.165, 1.54) is 11.1 Å². The smallest absolute Gasteiger partial charge is 0.346 e. The predicted molar refractivity (Wildman–Crippen MR) is 99.9 cm³/mol. The molecule has 3 heteroatoms. The summed E-state index contributed by atoms with van der Waals surface area (Å²) >= 11 is 0. The molecule has 25 heavy (non-hydrogen) atoms. The molecule has 0 amide bonds. The summed E-state index contributed by atoms with van der Waals surface area (Å²) in [5, 5.41) is 0. The van der Waals surface area contributed by atoms with Gasteiger partial charge in [0, 0.05) is 0 Å². The summed E-state index contributed by atoms with van der Waals surface area (Å²) in [6.45, 7) is 4.29. The Kier molecular flexibility index (Phi) is 7.39. The Hall–Kier alpha value is -2.42. The molecule has 2 rings (SSSR count). The van der Waals surface area contributed by atoms with Crippen molar-refractivity contribution >= 4 is 11.9 Å². The quantitative estimate of drug-likeness (QED) is 0.480. The highest BCUT2D eigenvalue weighted by atomic mass is 16.6. The molecule has 3 nitrogen and oxygen atoms in total. The Labute approximate surface area is 150 Å². The van der Waals surface area contributed by atoms with Crippen molar-refractivity contribution in [1.82, 2.24) is 0 Å². The number of aryl methyl sites for hydroxylation is 2. The first-order valence-corrected chi connectivity index (χ1v) is 9.08. The maximum atomic E-state index is 12.1. The highest BCUT2D eigenvalue weighted by Crippen LogP contribution is 2.12. The number of carbonyl (C=O) groups is 2. The number of ether oxygens (including phenoxy) is 1. The van der Waals surface area contributed by atoms with Crippen molar-refractivity contribution in [2.45, 2.75) is 52.4 Å². The van der Waals surface area contributed by atoms with Crippen molar-refractivity contribution in [1.29, 1.82) is 0 Å². The second kappa shape index (κ2) is 9.77. The predicted octanol–water partition coefficient (Wildman–Crippen LogP) is 5.37. The molecule has 0 aliphatic carbocycles. The Morgan fingerprint density at radius 1 is 0.680 bits per heavy atom. The van der Waals surface area contributed by atoms with Crippen LogP contribution in [-0.4, -0.2) is 11.9 Å². The van der Waals surface area contributed by atoms with Gasteiger partial charge in [-0.3, -0.25) is 0 Å². The lowest BCUT2D eigenvalue weighted by Crippen LogP contribution is -2.13. The third-order valence-electron chi connectivity index (χ3n) is 4.20. The maximum Gasteiger partial charge on any atom is 0.346 e. The van der Waals surface area contributed by atoms with E-state index in [1.807, 2.05) is 24.3 Å². The number of rotatable bonds is 8. The molecule has 0 saturated carbocycles. The molecule has 0 fully saturated rings. The van der Waals surface area contributed by atoms with Crippen LogP contribution in [0.25, 0.3) is 0 Å². The van der Waals surface area contributed by atoms with Crippen molar-refractivity contribution in [3.05, 3.63) is 70.8 Å². The first-order valence-electron chi connectivity index (χ1n) is 9.08. The molecule has 2 aromatic carbocycles.